The standard InChI is InChI=1S/C21H31N3O2/c1-2-17-14-16(4-6-18(17)15-20(22)25)5-7-21(26)24-12-8-19(9-13-24)23-10-3-11-23/h4,6,14,19H,2-3,5,7-13,15H2,1H3,(H2,22,25). The Kier molecular flexibility index (Phi) is 6.30. The summed E-state index contributed by atoms with van der Waals surface area (Å²) in [5.41, 5.74) is 8.64. The molecule has 2 amide bonds. The number of likely N-dealkylation sites (tertiary alicyclic amines) is 2. The molecule has 142 valence electrons. The summed E-state index contributed by atoms with van der Waals surface area (Å²) in [6.45, 7) is 6.36. The van der Waals surface area contributed by atoms with E-state index in [1.54, 1.807) is 0 Å². The van der Waals surface area contributed by atoms with Crippen molar-refractivity contribution < 1.29 is 9.59 Å². The lowest BCUT2D eigenvalue weighted by atomic mass is 9.96. The molecule has 0 aliphatic carbocycles. The summed E-state index contributed by atoms with van der Waals surface area (Å²) in [5, 5.41) is 0. The Balaban J connectivity index is 1.49. The van der Waals surface area contributed by atoms with Crippen molar-refractivity contribution in [3.63, 3.8) is 0 Å². The number of nitrogens with zero attached hydrogens (tertiary/aromatic N) is 2. The number of carbonyl (C=O) groups is 2. The molecule has 0 saturated carbocycles. The first-order chi connectivity index (χ1) is 12.6. The maximum absolute atomic E-state index is 12.5. The molecule has 2 N–H and O–H groups in total. The highest BCUT2D eigenvalue weighted by molar-refractivity contribution is 5.77. The molecule has 0 aromatic heterocycles. The van der Waals surface area contributed by atoms with Crippen LogP contribution in [0.3, 0.4) is 0 Å². The maximum atomic E-state index is 12.5. The number of primary amides is 1. The molecule has 2 aliphatic rings. The second-order valence-corrected chi connectivity index (χ2v) is 7.60. The lowest BCUT2D eigenvalue weighted by Crippen LogP contribution is -2.51. The van der Waals surface area contributed by atoms with E-state index in [-0.39, 0.29) is 18.2 Å². The number of carbonyl (C=O) groups excluding carboxylic acids is 2. The van der Waals surface area contributed by atoms with Crippen LogP contribution in [0.15, 0.2) is 18.2 Å². The van der Waals surface area contributed by atoms with Gasteiger partial charge in [0.1, 0.15) is 0 Å². The minimum atomic E-state index is -0.302. The molecule has 2 fully saturated rings. The van der Waals surface area contributed by atoms with Crippen LogP contribution >= 0.6 is 0 Å². The quantitative estimate of drug-likeness (QED) is 0.810. The lowest BCUT2D eigenvalue weighted by Gasteiger charge is -2.43. The van der Waals surface area contributed by atoms with Crippen molar-refractivity contribution in [1.82, 2.24) is 9.80 Å². The van der Waals surface area contributed by atoms with Gasteiger partial charge in [0.25, 0.3) is 0 Å². The van der Waals surface area contributed by atoms with Crippen molar-refractivity contribution in [2.75, 3.05) is 26.2 Å². The molecule has 2 aliphatic heterocycles. The SMILES string of the molecule is CCc1cc(CCC(=O)N2CCC(N3CCC3)CC2)ccc1CC(N)=O. The second kappa shape index (κ2) is 8.67. The zero-order valence-corrected chi connectivity index (χ0v) is 15.9. The van der Waals surface area contributed by atoms with Crippen LogP contribution in [0.1, 0.15) is 49.3 Å². The van der Waals surface area contributed by atoms with Crippen LogP contribution in [0, 0.1) is 0 Å². The minimum Gasteiger partial charge on any atom is -0.369 e. The Morgan fingerprint density at radius 3 is 2.42 bits per heavy atom. The molecular weight excluding hydrogens is 326 g/mol. The molecule has 0 unspecified atom stereocenters. The van der Waals surface area contributed by atoms with Gasteiger partial charge in [-0.25, -0.2) is 0 Å². The molecule has 5 nitrogen and oxygen atoms in total. The van der Waals surface area contributed by atoms with E-state index in [1.165, 1.54) is 25.1 Å². The third-order valence-electron chi connectivity index (χ3n) is 5.87. The highest BCUT2D eigenvalue weighted by atomic mass is 16.2. The Morgan fingerprint density at radius 1 is 1.12 bits per heavy atom. The fraction of sp³-hybridized carbons (Fsp3) is 0.619. The van der Waals surface area contributed by atoms with Crippen molar-refractivity contribution in [2.45, 2.75) is 57.9 Å². The van der Waals surface area contributed by atoms with Crippen LogP contribution in [0.25, 0.3) is 0 Å². The van der Waals surface area contributed by atoms with Gasteiger partial charge in [-0.1, -0.05) is 25.1 Å². The Morgan fingerprint density at radius 2 is 1.85 bits per heavy atom. The topological polar surface area (TPSA) is 66.6 Å². The second-order valence-electron chi connectivity index (χ2n) is 7.60. The van der Waals surface area contributed by atoms with Gasteiger partial charge in [0, 0.05) is 25.6 Å². The van der Waals surface area contributed by atoms with Gasteiger partial charge in [0.2, 0.25) is 11.8 Å². The fourth-order valence-corrected chi connectivity index (χ4v) is 4.12. The van der Waals surface area contributed by atoms with Gasteiger partial charge in [-0.05, 0) is 61.9 Å². The zero-order valence-electron chi connectivity index (χ0n) is 15.9. The van der Waals surface area contributed by atoms with Crippen molar-refractivity contribution in [3.05, 3.63) is 34.9 Å². The lowest BCUT2D eigenvalue weighted by molar-refractivity contribution is -0.133. The summed E-state index contributed by atoms with van der Waals surface area (Å²) in [6.07, 6.45) is 6.04. The van der Waals surface area contributed by atoms with Gasteiger partial charge in [-0.15, -0.1) is 0 Å². The smallest absolute Gasteiger partial charge is 0.222 e. The number of benzene rings is 1. The molecule has 1 aromatic carbocycles. The highest BCUT2D eigenvalue weighted by Gasteiger charge is 2.29. The van der Waals surface area contributed by atoms with E-state index < -0.39 is 0 Å². The van der Waals surface area contributed by atoms with Crippen LogP contribution in [-0.2, 0) is 28.9 Å². The molecule has 5 heteroatoms. The van der Waals surface area contributed by atoms with Crippen LogP contribution in [0.4, 0.5) is 0 Å². The van der Waals surface area contributed by atoms with Gasteiger partial charge in [-0.3, -0.25) is 9.59 Å². The van der Waals surface area contributed by atoms with E-state index >= 15 is 0 Å². The maximum Gasteiger partial charge on any atom is 0.222 e. The molecule has 0 spiro atoms. The van der Waals surface area contributed by atoms with Gasteiger partial charge < -0.3 is 15.5 Å². The van der Waals surface area contributed by atoms with Gasteiger partial charge in [-0.2, -0.15) is 0 Å². The van der Waals surface area contributed by atoms with E-state index in [1.807, 2.05) is 17.0 Å². The van der Waals surface area contributed by atoms with E-state index in [0.29, 0.717) is 12.5 Å². The van der Waals surface area contributed by atoms with Crippen molar-refractivity contribution >= 4 is 11.8 Å². The van der Waals surface area contributed by atoms with Crippen LogP contribution < -0.4 is 5.73 Å². The van der Waals surface area contributed by atoms with Gasteiger partial charge in [0.15, 0.2) is 0 Å². The molecule has 26 heavy (non-hydrogen) atoms. The van der Waals surface area contributed by atoms with Crippen molar-refractivity contribution in [3.8, 4) is 0 Å². The van der Waals surface area contributed by atoms with Crippen molar-refractivity contribution in [2.24, 2.45) is 5.73 Å². The molecular formula is C21H31N3O2. The molecule has 2 heterocycles. The molecule has 0 atom stereocenters. The Bertz CT molecular complexity index is 647. The van der Waals surface area contributed by atoms with Gasteiger partial charge in [0.05, 0.1) is 6.42 Å². The van der Waals surface area contributed by atoms with E-state index in [4.69, 9.17) is 5.73 Å². The van der Waals surface area contributed by atoms with E-state index in [0.717, 1.165) is 49.9 Å². The summed E-state index contributed by atoms with van der Waals surface area (Å²) in [6, 6.07) is 6.84. The average Bonchev–Trinajstić information content (AvgIpc) is 2.59. The predicted molar refractivity (Wildman–Crippen MR) is 103 cm³/mol. The molecule has 1 aromatic rings. The average molecular weight is 357 g/mol. The summed E-state index contributed by atoms with van der Waals surface area (Å²) in [4.78, 5) is 28.3. The normalized spacial score (nSPS) is 18.6. The van der Waals surface area contributed by atoms with Crippen LogP contribution in [-0.4, -0.2) is 53.8 Å². The van der Waals surface area contributed by atoms with Crippen molar-refractivity contribution in [1.29, 1.82) is 0 Å². The third kappa shape index (κ3) is 4.64. The first kappa shape index (κ1) is 18.9. The molecule has 2 saturated heterocycles. The van der Waals surface area contributed by atoms with Crippen LogP contribution in [0.5, 0.6) is 0 Å². The minimum absolute atomic E-state index is 0.270. The van der Waals surface area contributed by atoms with Gasteiger partial charge >= 0.3 is 0 Å². The summed E-state index contributed by atoms with van der Waals surface area (Å²) < 4.78 is 0. The molecule has 0 bridgehead atoms. The number of rotatable bonds is 7. The monoisotopic (exact) mass is 357 g/mol. The summed E-state index contributed by atoms with van der Waals surface area (Å²) in [7, 11) is 0. The largest absolute Gasteiger partial charge is 0.369 e. The Hall–Kier alpha value is -1.88. The van der Waals surface area contributed by atoms with Crippen LogP contribution in [0.2, 0.25) is 0 Å². The molecule has 0 radical (unpaired) electrons. The fourth-order valence-electron chi connectivity index (χ4n) is 4.12. The summed E-state index contributed by atoms with van der Waals surface area (Å²) in [5.74, 6) is -0.0319. The zero-order chi connectivity index (χ0) is 18.5. The first-order valence-electron chi connectivity index (χ1n) is 9.97. The third-order valence-corrected chi connectivity index (χ3v) is 5.87. The number of hydrogen-bond donors (Lipinski definition) is 1. The number of amides is 2. The number of hydrogen-bond acceptors (Lipinski definition) is 3. The predicted octanol–water partition coefficient (Wildman–Crippen LogP) is 1.91. The first-order valence-corrected chi connectivity index (χ1v) is 9.97. The Labute approximate surface area is 156 Å². The van der Waals surface area contributed by atoms with E-state index in [2.05, 4.69) is 17.9 Å². The van der Waals surface area contributed by atoms with E-state index in [9.17, 15) is 9.59 Å². The highest BCUT2D eigenvalue weighted by Crippen LogP contribution is 2.22. The number of aryl methyl sites for hydroxylation is 2. The summed E-state index contributed by atoms with van der Waals surface area (Å²) >= 11 is 0. The number of nitrogens with two attached hydrogens (primary N) is 1. The molecule has 3 rings (SSSR count). The number of piperidine rings is 1.